The number of hydrogen-bond acceptors (Lipinski definition) is 6. The highest BCUT2D eigenvalue weighted by Crippen LogP contribution is 2.12. The molecule has 1 aromatic heterocycles. The minimum atomic E-state index is -0.215. The summed E-state index contributed by atoms with van der Waals surface area (Å²) >= 11 is 0. The van der Waals surface area contributed by atoms with Gasteiger partial charge in [-0.15, -0.1) is 0 Å². The number of nitrogens with zero attached hydrogens (tertiary/aromatic N) is 3. The van der Waals surface area contributed by atoms with Gasteiger partial charge in [-0.1, -0.05) is 0 Å². The van der Waals surface area contributed by atoms with Gasteiger partial charge >= 0.3 is 0 Å². The van der Waals surface area contributed by atoms with E-state index < -0.39 is 0 Å². The van der Waals surface area contributed by atoms with E-state index in [-0.39, 0.29) is 5.91 Å². The van der Waals surface area contributed by atoms with Gasteiger partial charge in [0.2, 0.25) is 0 Å². The van der Waals surface area contributed by atoms with Gasteiger partial charge < -0.3 is 15.4 Å². The zero-order valence-corrected chi connectivity index (χ0v) is 14.4. The summed E-state index contributed by atoms with van der Waals surface area (Å²) < 4.78 is 5.33. The Bertz CT molecular complexity index is 779. The van der Waals surface area contributed by atoms with Gasteiger partial charge in [-0.3, -0.25) is 9.69 Å². The zero-order valence-electron chi connectivity index (χ0n) is 14.4. The van der Waals surface area contributed by atoms with Gasteiger partial charge in [0.25, 0.3) is 5.91 Å². The predicted molar refractivity (Wildman–Crippen MR) is 99.1 cm³/mol. The number of carbonyl (C=O) groups excluding carboxylic acids is 1. The van der Waals surface area contributed by atoms with Gasteiger partial charge in [0.1, 0.15) is 5.82 Å². The van der Waals surface area contributed by atoms with E-state index in [1.54, 1.807) is 42.6 Å². The highest BCUT2D eigenvalue weighted by Gasteiger charge is 2.10. The number of nitrogens with one attached hydrogen (secondary N) is 2. The molecule has 7 nitrogen and oxygen atoms in total. The van der Waals surface area contributed by atoms with E-state index in [4.69, 9.17) is 10.00 Å². The Balaban J connectivity index is 1.53. The van der Waals surface area contributed by atoms with Crippen molar-refractivity contribution in [2.75, 3.05) is 50.0 Å². The monoisotopic (exact) mass is 351 g/mol. The number of benzene rings is 1. The summed E-state index contributed by atoms with van der Waals surface area (Å²) in [4.78, 5) is 19.0. The van der Waals surface area contributed by atoms with Crippen LogP contribution in [0.1, 0.15) is 15.9 Å². The highest BCUT2D eigenvalue weighted by molar-refractivity contribution is 6.04. The van der Waals surface area contributed by atoms with Crippen LogP contribution < -0.4 is 10.6 Å². The molecule has 26 heavy (non-hydrogen) atoms. The third-order valence-electron chi connectivity index (χ3n) is 4.13. The maximum atomic E-state index is 12.4. The topological polar surface area (TPSA) is 90.3 Å². The molecule has 2 aromatic rings. The number of ether oxygens (including phenoxy) is 1. The van der Waals surface area contributed by atoms with Crippen LogP contribution in [0, 0.1) is 11.3 Å². The lowest BCUT2D eigenvalue weighted by atomic mass is 10.2. The summed E-state index contributed by atoms with van der Waals surface area (Å²) in [5.41, 5.74) is 1.73. The fourth-order valence-electron chi connectivity index (χ4n) is 2.67. The van der Waals surface area contributed by atoms with Crippen LogP contribution in [0.2, 0.25) is 0 Å². The fourth-order valence-corrected chi connectivity index (χ4v) is 2.67. The van der Waals surface area contributed by atoms with Gasteiger partial charge in [0, 0.05) is 43.6 Å². The molecule has 2 heterocycles. The van der Waals surface area contributed by atoms with Crippen molar-refractivity contribution in [1.82, 2.24) is 9.88 Å². The predicted octanol–water partition coefficient (Wildman–Crippen LogP) is 1.95. The first kappa shape index (κ1) is 17.9. The quantitative estimate of drug-likeness (QED) is 0.827. The van der Waals surface area contributed by atoms with Crippen LogP contribution in [0.4, 0.5) is 11.5 Å². The van der Waals surface area contributed by atoms with E-state index in [9.17, 15) is 4.79 Å². The molecular formula is C19H21N5O2. The van der Waals surface area contributed by atoms with Crippen molar-refractivity contribution in [2.45, 2.75) is 0 Å². The number of carbonyl (C=O) groups is 1. The van der Waals surface area contributed by atoms with E-state index in [1.165, 1.54) is 0 Å². The minimum Gasteiger partial charge on any atom is -0.379 e. The first-order valence-corrected chi connectivity index (χ1v) is 8.56. The maximum absolute atomic E-state index is 12.4. The SMILES string of the molecule is N#Cc1ccc(NC(=O)c2ccnc(NCCN3CCOCC3)c2)cc1. The molecule has 7 heteroatoms. The van der Waals surface area contributed by atoms with Crippen molar-refractivity contribution < 1.29 is 9.53 Å². The van der Waals surface area contributed by atoms with Crippen molar-refractivity contribution in [2.24, 2.45) is 0 Å². The lowest BCUT2D eigenvalue weighted by molar-refractivity contribution is 0.0398. The molecule has 1 aromatic carbocycles. The maximum Gasteiger partial charge on any atom is 0.255 e. The van der Waals surface area contributed by atoms with Gasteiger partial charge in [0.05, 0.1) is 24.8 Å². The van der Waals surface area contributed by atoms with Crippen molar-refractivity contribution in [1.29, 1.82) is 5.26 Å². The molecule has 2 N–H and O–H groups in total. The molecule has 0 spiro atoms. The minimum absolute atomic E-state index is 0.215. The number of anilines is 2. The van der Waals surface area contributed by atoms with E-state index in [0.717, 1.165) is 39.4 Å². The molecule has 0 saturated carbocycles. The standard InChI is InChI=1S/C19H21N5O2/c20-14-15-1-3-17(4-2-15)23-19(25)16-5-6-21-18(13-16)22-7-8-24-9-11-26-12-10-24/h1-6,13H,7-12H2,(H,21,22)(H,23,25). The molecule has 0 aliphatic carbocycles. The van der Waals surface area contributed by atoms with Crippen LogP contribution in [-0.4, -0.2) is 55.2 Å². The van der Waals surface area contributed by atoms with Crippen LogP contribution >= 0.6 is 0 Å². The highest BCUT2D eigenvalue weighted by atomic mass is 16.5. The molecule has 134 valence electrons. The summed E-state index contributed by atoms with van der Waals surface area (Å²) in [5, 5.41) is 14.9. The van der Waals surface area contributed by atoms with Crippen LogP contribution in [0.3, 0.4) is 0 Å². The van der Waals surface area contributed by atoms with E-state index in [1.807, 2.05) is 0 Å². The second kappa shape index (κ2) is 8.94. The summed E-state index contributed by atoms with van der Waals surface area (Å²) in [6.07, 6.45) is 1.62. The summed E-state index contributed by atoms with van der Waals surface area (Å²) in [6, 6.07) is 12.2. The number of amides is 1. The second-order valence-electron chi connectivity index (χ2n) is 5.95. The number of aromatic nitrogens is 1. The fraction of sp³-hybridized carbons (Fsp3) is 0.316. The van der Waals surface area contributed by atoms with Gasteiger partial charge in [0.15, 0.2) is 0 Å². The molecule has 0 atom stereocenters. The van der Waals surface area contributed by atoms with Crippen LogP contribution in [-0.2, 0) is 4.74 Å². The largest absolute Gasteiger partial charge is 0.379 e. The van der Waals surface area contributed by atoms with Crippen molar-refractivity contribution in [3.8, 4) is 6.07 Å². The van der Waals surface area contributed by atoms with Crippen molar-refractivity contribution in [3.05, 3.63) is 53.7 Å². The lowest BCUT2D eigenvalue weighted by Gasteiger charge is -2.26. The zero-order chi connectivity index (χ0) is 18.2. The van der Waals surface area contributed by atoms with Gasteiger partial charge in [-0.05, 0) is 36.4 Å². The Hall–Kier alpha value is -2.95. The molecule has 0 unspecified atom stereocenters. The van der Waals surface area contributed by atoms with Crippen LogP contribution in [0.25, 0.3) is 0 Å². The number of rotatable bonds is 6. The molecule has 1 aliphatic rings. The summed E-state index contributed by atoms with van der Waals surface area (Å²) in [7, 11) is 0. The lowest BCUT2D eigenvalue weighted by Crippen LogP contribution is -2.39. The van der Waals surface area contributed by atoms with Crippen LogP contribution in [0.5, 0.6) is 0 Å². The summed E-state index contributed by atoms with van der Waals surface area (Å²) in [6.45, 7) is 5.12. The Labute approximate surface area is 152 Å². The Morgan fingerprint density at radius 3 is 2.73 bits per heavy atom. The molecule has 1 fully saturated rings. The average Bonchev–Trinajstić information content (AvgIpc) is 2.69. The third kappa shape index (κ3) is 5.02. The normalized spacial score (nSPS) is 14.4. The second-order valence-corrected chi connectivity index (χ2v) is 5.95. The summed E-state index contributed by atoms with van der Waals surface area (Å²) in [5.74, 6) is 0.457. The molecule has 1 saturated heterocycles. The molecule has 1 amide bonds. The first-order valence-electron chi connectivity index (χ1n) is 8.56. The smallest absolute Gasteiger partial charge is 0.255 e. The van der Waals surface area contributed by atoms with Crippen molar-refractivity contribution in [3.63, 3.8) is 0 Å². The van der Waals surface area contributed by atoms with E-state index in [0.29, 0.717) is 22.6 Å². The number of nitriles is 1. The molecule has 0 radical (unpaired) electrons. The van der Waals surface area contributed by atoms with E-state index >= 15 is 0 Å². The number of pyridine rings is 1. The molecule has 1 aliphatic heterocycles. The Kier molecular flexibility index (Phi) is 6.14. The average molecular weight is 351 g/mol. The Morgan fingerprint density at radius 2 is 2.00 bits per heavy atom. The number of hydrogen-bond donors (Lipinski definition) is 2. The van der Waals surface area contributed by atoms with Gasteiger partial charge in [-0.2, -0.15) is 5.26 Å². The molecule has 3 rings (SSSR count). The van der Waals surface area contributed by atoms with Crippen molar-refractivity contribution >= 4 is 17.4 Å². The third-order valence-corrected chi connectivity index (χ3v) is 4.13. The first-order chi connectivity index (χ1) is 12.7. The molecule has 0 bridgehead atoms. The number of morpholine rings is 1. The van der Waals surface area contributed by atoms with Gasteiger partial charge in [-0.25, -0.2) is 4.98 Å². The Morgan fingerprint density at radius 1 is 1.23 bits per heavy atom. The van der Waals surface area contributed by atoms with E-state index in [2.05, 4.69) is 26.6 Å². The molecular weight excluding hydrogens is 330 g/mol. The van der Waals surface area contributed by atoms with Crippen LogP contribution in [0.15, 0.2) is 42.6 Å².